The molecule has 1 amide bonds. The molecule has 2 aromatic heterocycles. The number of nitrogens with one attached hydrogen (secondary N) is 1. The Kier molecular flexibility index (Phi) is 4.60. The number of amides is 1. The summed E-state index contributed by atoms with van der Waals surface area (Å²) in [7, 11) is 0. The fraction of sp³-hybridized carbons (Fsp3) is 0.312. The lowest BCUT2D eigenvalue weighted by Gasteiger charge is -2.14. The van der Waals surface area contributed by atoms with E-state index in [2.05, 4.69) is 15.3 Å². The molecule has 0 radical (unpaired) electrons. The van der Waals surface area contributed by atoms with Crippen LogP contribution in [0.3, 0.4) is 0 Å². The first kappa shape index (κ1) is 14.5. The maximum Gasteiger partial charge on any atom is 0.257 e. The van der Waals surface area contributed by atoms with Crippen LogP contribution in [0, 0.1) is 0 Å². The lowest BCUT2D eigenvalue weighted by molar-refractivity contribution is 0.0937. The summed E-state index contributed by atoms with van der Waals surface area (Å²) in [5.41, 5.74) is 1.42. The number of carbonyl (C=O) groups is 1. The zero-order valence-electron chi connectivity index (χ0n) is 12.1. The van der Waals surface area contributed by atoms with Gasteiger partial charge in [-0.25, -0.2) is 4.98 Å². The van der Waals surface area contributed by atoms with E-state index in [0.29, 0.717) is 31.2 Å². The monoisotopic (exact) mass is 299 g/mol. The Morgan fingerprint density at radius 3 is 2.95 bits per heavy atom. The van der Waals surface area contributed by atoms with Gasteiger partial charge in [0.15, 0.2) is 0 Å². The molecule has 0 aliphatic carbocycles. The van der Waals surface area contributed by atoms with Gasteiger partial charge in [-0.3, -0.25) is 9.78 Å². The van der Waals surface area contributed by atoms with Gasteiger partial charge >= 0.3 is 0 Å². The molecule has 0 bridgehead atoms. The van der Waals surface area contributed by atoms with Crippen LogP contribution in [0.1, 0.15) is 22.3 Å². The SMILES string of the molecule is O=C(NCc1ccncc1)c1cccnc1O[C@H]1CCOC1. The highest BCUT2D eigenvalue weighted by atomic mass is 16.5. The molecule has 0 aromatic carbocycles. The lowest BCUT2D eigenvalue weighted by Crippen LogP contribution is -2.25. The molecular weight excluding hydrogens is 282 g/mol. The summed E-state index contributed by atoms with van der Waals surface area (Å²) in [5, 5.41) is 2.86. The topological polar surface area (TPSA) is 73.3 Å². The second kappa shape index (κ2) is 7.00. The first-order valence-electron chi connectivity index (χ1n) is 7.19. The molecule has 1 aliphatic rings. The zero-order chi connectivity index (χ0) is 15.2. The Morgan fingerprint density at radius 1 is 1.32 bits per heavy atom. The normalized spacial score (nSPS) is 17.2. The highest BCUT2D eigenvalue weighted by molar-refractivity contribution is 5.96. The summed E-state index contributed by atoms with van der Waals surface area (Å²) >= 11 is 0. The average molecular weight is 299 g/mol. The van der Waals surface area contributed by atoms with Crippen molar-refractivity contribution in [3.63, 3.8) is 0 Å². The van der Waals surface area contributed by atoms with Gasteiger partial charge in [-0.2, -0.15) is 0 Å². The van der Waals surface area contributed by atoms with Crippen LogP contribution in [0.5, 0.6) is 5.88 Å². The largest absolute Gasteiger partial charge is 0.471 e. The van der Waals surface area contributed by atoms with Crippen molar-refractivity contribution in [2.75, 3.05) is 13.2 Å². The standard InChI is InChI=1S/C16H17N3O3/c20-15(19-10-12-3-7-17-8-4-12)14-2-1-6-18-16(14)22-13-5-9-21-11-13/h1-4,6-8,13H,5,9-11H2,(H,19,20)/t13-/m0/s1. The quantitative estimate of drug-likeness (QED) is 0.907. The van der Waals surface area contributed by atoms with E-state index < -0.39 is 0 Å². The molecule has 114 valence electrons. The van der Waals surface area contributed by atoms with Crippen molar-refractivity contribution in [2.45, 2.75) is 19.1 Å². The van der Waals surface area contributed by atoms with Crippen LogP contribution in [-0.4, -0.2) is 35.2 Å². The highest BCUT2D eigenvalue weighted by Gasteiger charge is 2.21. The number of rotatable bonds is 5. The maximum absolute atomic E-state index is 12.3. The number of carbonyl (C=O) groups excluding carboxylic acids is 1. The van der Waals surface area contributed by atoms with Gasteiger partial charge in [0.1, 0.15) is 11.7 Å². The molecule has 0 unspecified atom stereocenters. The predicted octanol–water partition coefficient (Wildman–Crippen LogP) is 1.57. The smallest absolute Gasteiger partial charge is 0.257 e. The summed E-state index contributed by atoms with van der Waals surface area (Å²) in [6.45, 7) is 1.65. The molecule has 0 spiro atoms. The summed E-state index contributed by atoms with van der Waals surface area (Å²) in [6, 6.07) is 7.15. The van der Waals surface area contributed by atoms with Crippen molar-refractivity contribution in [3.8, 4) is 5.88 Å². The maximum atomic E-state index is 12.3. The second-order valence-electron chi connectivity index (χ2n) is 5.00. The first-order valence-corrected chi connectivity index (χ1v) is 7.19. The third-order valence-electron chi connectivity index (χ3n) is 3.38. The van der Waals surface area contributed by atoms with Gasteiger partial charge in [0, 0.05) is 31.6 Å². The molecule has 3 rings (SSSR count). The Hall–Kier alpha value is -2.47. The Labute approximate surface area is 128 Å². The fourth-order valence-electron chi connectivity index (χ4n) is 2.20. The third kappa shape index (κ3) is 3.59. The summed E-state index contributed by atoms with van der Waals surface area (Å²) < 4.78 is 11.0. The van der Waals surface area contributed by atoms with Crippen LogP contribution < -0.4 is 10.1 Å². The van der Waals surface area contributed by atoms with Crippen LogP contribution in [0.25, 0.3) is 0 Å². The number of ether oxygens (including phenoxy) is 2. The molecule has 1 aliphatic heterocycles. The van der Waals surface area contributed by atoms with Crippen LogP contribution >= 0.6 is 0 Å². The van der Waals surface area contributed by atoms with Crippen LogP contribution in [0.2, 0.25) is 0 Å². The van der Waals surface area contributed by atoms with E-state index in [1.807, 2.05) is 12.1 Å². The van der Waals surface area contributed by atoms with Crippen molar-refractivity contribution in [1.82, 2.24) is 15.3 Å². The molecule has 2 aromatic rings. The van der Waals surface area contributed by atoms with Crippen LogP contribution in [0.15, 0.2) is 42.9 Å². The molecular formula is C16H17N3O3. The minimum atomic E-state index is -0.209. The molecule has 1 saturated heterocycles. The van der Waals surface area contributed by atoms with Crippen molar-refractivity contribution < 1.29 is 14.3 Å². The van der Waals surface area contributed by atoms with Gasteiger partial charge in [-0.05, 0) is 29.8 Å². The van der Waals surface area contributed by atoms with Gasteiger partial charge < -0.3 is 14.8 Å². The number of pyridine rings is 2. The minimum Gasteiger partial charge on any atom is -0.471 e. The average Bonchev–Trinajstić information content (AvgIpc) is 3.07. The number of nitrogens with zero attached hydrogens (tertiary/aromatic N) is 2. The lowest BCUT2D eigenvalue weighted by atomic mass is 10.2. The molecule has 1 atom stereocenters. The number of aromatic nitrogens is 2. The van der Waals surface area contributed by atoms with E-state index in [4.69, 9.17) is 9.47 Å². The number of hydrogen-bond donors (Lipinski definition) is 1. The van der Waals surface area contributed by atoms with E-state index in [1.54, 1.807) is 30.7 Å². The third-order valence-corrected chi connectivity index (χ3v) is 3.38. The first-order chi connectivity index (χ1) is 10.8. The van der Waals surface area contributed by atoms with Crippen molar-refractivity contribution in [1.29, 1.82) is 0 Å². The van der Waals surface area contributed by atoms with E-state index in [-0.39, 0.29) is 12.0 Å². The van der Waals surface area contributed by atoms with Crippen molar-refractivity contribution >= 4 is 5.91 Å². The highest BCUT2D eigenvalue weighted by Crippen LogP contribution is 2.19. The molecule has 3 heterocycles. The van der Waals surface area contributed by atoms with Crippen LogP contribution in [0.4, 0.5) is 0 Å². The Bertz CT molecular complexity index is 628. The van der Waals surface area contributed by atoms with Gasteiger partial charge in [0.2, 0.25) is 5.88 Å². The molecule has 0 saturated carbocycles. The predicted molar refractivity (Wildman–Crippen MR) is 79.5 cm³/mol. The molecule has 6 nitrogen and oxygen atoms in total. The Balaban J connectivity index is 1.66. The van der Waals surface area contributed by atoms with E-state index in [1.165, 1.54) is 0 Å². The number of hydrogen-bond acceptors (Lipinski definition) is 5. The van der Waals surface area contributed by atoms with Crippen LogP contribution in [-0.2, 0) is 11.3 Å². The fourth-order valence-corrected chi connectivity index (χ4v) is 2.20. The van der Waals surface area contributed by atoms with Gasteiger partial charge in [-0.1, -0.05) is 0 Å². The minimum absolute atomic E-state index is 0.0401. The Morgan fingerprint density at radius 2 is 2.18 bits per heavy atom. The van der Waals surface area contributed by atoms with E-state index in [0.717, 1.165) is 12.0 Å². The summed E-state index contributed by atoms with van der Waals surface area (Å²) in [4.78, 5) is 20.5. The summed E-state index contributed by atoms with van der Waals surface area (Å²) in [6.07, 6.45) is 5.78. The van der Waals surface area contributed by atoms with Gasteiger partial charge in [0.25, 0.3) is 5.91 Å². The molecule has 1 N–H and O–H groups in total. The molecule has 6 heteroatoms. The van der Waals surface area contributed by atoms with E-state index in [9.17, 15) is 4.79 Å². The molecule has 1 fully saturated rings. The van der Waals surface area contributed by atoms with E-state index >= 15 is 0 Å². The summed E-state index contributed by atoms with van der Waals surface area (Å²) in [5.74, 6) is 0.143. The zero-order valence-corrected chi connectivity index (χ0v) is 12.1. The second-order valence-corrected chi connectivity index (χ2v) is 5.00. The van der Waals surface area contributed by atoms with Gasteiger partial charge in [-0.15, -0.1) is 0 Å². The van der Waals surface area contributed by atoms with Crippen molar-refractivity contribution in [3.05, 3.63) is 54.0 Å². The van der Waals surface area contributed by atoms with Crippen molar-refractivity contribution in [2.24, 2.45) is 0 Å². The molecule has 22 heavy (non-hydrogen) atoms. The van der Waals surface area contributed by atoms with Gasteiger partial charge in [0.05, 0.1) is 13.2 Å².